The minimum Gasteiger partial charge on any atom is -0.391 e. The summed E-state index contributed by atoms with van der Waals surface area (Å²) in [6, 6.07) is 25.2. The number of carbonyl (C=O) groups is 5. The minimum atomic E-state index is -0.862. The number of nitrogens with zero attached hydrogens (tertiary/aromatic N) is 7. The molecule has 6 aromatic rings. The van der Waals surface area contributed by atoms with Crippen LogP contribution in [0.15, 0.2) is 109 Å². The summed E-state index contributed by atoms with van der Waals surface area (Å²) < 4.78 is 0. The second-order valence-electron chi connectivity index (χ2n) is 21.9. The molecule has 2 aliphatic heterocycles. The molecule has 2 fully saturated rings. The van der Waals surface area contributed by atoms with Gasteiger partial charge in [-0.2, -0.15) is 0 Å². The highest BCUT2D eigenvalue weighted by molar-refractivity contribution is 7.13. The maximum Gasteiger partial charge on any atom is 0.255 e. The van der Waals surface area contributed by atoms with Crippen molar-refractivity contribution in [3.63, 3.8) is 0 Å². The maximum atomic E-state index is 14.1. The Morgan fingerprint density at radius 2 is 1.49 bits per heavy atom. The average molecular weight is 1090 g/mol. The summed E-state index contributed by atoms with van der Waals surface area (Å²) in [6.07, 6.45) is 11.7. The predicted octanol–water partition coefficient (Wildman–Crippen LogP) is 9.24. The van der Waals surface area contributed by atoms with Crippen LogP contribution in [0.2, 0.25) is 0 Å². The van der Waals surface area contributed by atoms with Crippen molar-refractivity contribution in [1.29, 1.82) is 0 Å². The van der Waals surface area contributed by atoms with Gasteiger partial charge in [0.05, 0.1) is 27.9 Å². The highest BCUT2D eigenvalue weighted by Crippen LogP contribution is 2.30. The minimum absolute atomic E-state index is 0.0252. The van der Waals surface area contributed by atoms with Crippen LogP contribution in [0.3, 0.4) is 0 Å². The monoisotopic (exact) mass is 1090 g/mol. The second kappa shape index (κ2) is 27.5. The van der Waals surface area contributed by atoms with Crippen molar-refractivity contribution < 1.29 is 29.1 Å². The lowest BCUT2D eigenvalue weighted by atomic mass is 9.85. The van der Waals surface area contributed by atoms with E-state index in [1.165, 1.54) is 4.90 Å². The van der Waals surface area contributed by atoms with E-state index in [2.05, 4.69) is 46.1 Å². The van der Waals surface area contributed by atoms with Crippen molar-refractivity contribution in [3.8, 4) is 21.7 Å². The van der Waals surface area contributed by atoms with Crippen LogP contribution in [0.25, 0.3) is 21.7 Å². The van der Waals surface area contributed by atoms with Gasteiger partial charge < -0.3 is 36.2 Å². The van der Waals surface area contributed by atoms with Gasteiger partial charge >= 0.3 is 0 Å². The molecule has 8 rings (SSSR count). The number of hydrogen-bond donors (Lipinski definition) is 5. The van der Waals surface area contributed by atoms with Crippen LogP contribution < -0.4 is 21.3 Å². The molecular formula is C61H75N11O6S. The summed E-state index contributed by atoms with van der Waals surface area (Å²) in [5.41, 5.74) is 9.84. The molecule has 0 aliphatic carbocycles. The van der Waals surface area contributed by atoms with E-state index in [9.17, 15) is 29.1 Å². The fourth-order valence-corrected chi connectivity index (χ4v) is 10.9. The Morgan fingerprint density at radius 3 is 2.18 bits per heavy atom. The zero-order valence-electron chi connectivity index (χ0n) is 46.2. The van der Waals surface area contributed by atoms with Gasteiger partial charge in [0.15, 0.2) is 0 Å². The van der Waals surface area contributed by atoms with Gasteiger partial charge in [0, 0.05) is 106 Å². The highest BCUT2D eigenvalue weighted by atomic mass is 32.1. The number of aromatic nitrogens is 4. The third-order valence-electron chi connectivity index (χ3n) is 14.7. The average Bonchev–Trinajstić information content (AvgIpc) is 4.08. The SMILES string of the molecule is Cc1ccc(NC(=O)c2ccc(CN3CCN(C(=O)CCCCCCCCCC(=O)N[C@H](C(=O)N4C[C@H](O)C[C@H]4C(=O)NCc4ccc(-c5scnc5C)cc4)C(C)(C)C)CC3)cc2)cc1Nc1nccc(-c2cccnc2)n1. The zero-order valence-corrected chi connectivity index (χ0v) is 47.0. The lowest BCUT2D eigenvalue weighted by molar-refractivity contribution is -0.144. The molecule has 17 nitrogen and oxygen atoms in total. The van der Waals surface area contributed by atoms with E-state index in [4.69, 9.17) is 0 Å². The molecule has 0 saturated carbocycles. The molecule has 5 N–H and O–H groups in total. The van der Waals surface area contributed by atoms with Crippen LogP contribution in [-0.2, 0) is 32.3 Å². The highest BCUT2D eigenvalue weighted by Gasteiger charge is 2.44. The maximum absolute atomic E-state index is 14.1. The zero-order chi connectivity index (χ0) is 55.9. The molecule has 416 valence electrons. The number of thiazole rings is 1. The number of pyridine rings is 1. The van der Waals surface area contributed by atoms with Crippen molar-refractivity contribution in [2.45, 2.75) is 130 Å². The summed E-state index contributed by atoms with van der Waals surface area (Å²) in [7, 11) is 0. The Kier molecular flexibility index (Phi) is 20.1. The van der Waals surface area contributed by atoms with E-state index in [-0.39, 0.29) is 49.0 Å². The van der Waals surface area contributed by atoms with Gasteiger partial charge in [-0.1, -0.05) is 95.3 Å². The normalized spacial score (nSPS) is 16.1. The van der Waals surface area contributed by atoms with Gasteiger partial charge in [0.2, 0.25) is 29.6 Å². The van der Waals surface area contributed by atoms with E-state index in [1.807, 2.05) is 130 Å². The molecule has 79 heavy (non-hydrogen) atoms. The summed E-state index contributed by atoms with van der Waals surface area (Å²) in [5.74, 6) is -0.479. The van der Waals surface area contributed by atoms with E-state index < -0.39 is 23.6 Å². The third kappa shape index (κ3) is 16.3. The van der Waals surface area contributed by atoms with Crippen molar-refractivity contribution in [1.82, 2.24) is 45.3 Å². The Balaban J connectivity index is 0.675. The van der Waals surface area contributed by atoms with Crippen molar-refractivity contribution >= 4 is 58.2 Å². The molecule has 0 radical (unpaired) electrons. The van der Waals surface area contributed by atoms with Crippen LogP contribution >= 0.6 is 11.3 Å². The topological polar surface area (TPSA) is 215 Å². The molecule has 3 aromatic carbocycles. The van der Waals surface area contributed by atoms with Crippen molar-refractivity contribution in [2.75, 3.05) is 43.4 Å². The lowest BCUT2D eigenvalue weighted by Gasteiger charge is -2.35. The van der Waals surface area contributed by atoms with Crippen molar-refractivity contribution in [3.05, 3.63) is 137 Å². The molecule has 0 unspecified atom stereocenters. The van der Waals surface area contributed by atoms with Gasteiger partial charge in [0.25, 0.3) is 5.91 Å². The van der Waals surface area contributed by atoms with Crippen LogP contribution in [0.1, 0.15) is 118 Å². The van der Waals surface area contributed by atoms with Crippen LogP contribution in [0, 0.1) is 19.3 Å². The van der Waals surface area contributed by atoms with Crippen LogP contribution in [-0.4, -0.2) is 120 Å². The summed E-state index contributed by atoms with van der Waals surface area (Å²) in [6.45, 7) is 13.6. The largest absolute Gasteiger partial charge is 0.391 e. The smallest absolute Gasteiger partial charge is 0.255 e. The van der Waals surface area contributed by atoms with E-state index in [0.29, 0.717) is 49.6 Å². The number of benzene rings is 3. The number of aliphatic hydroxyl groups excluding tert-OH is 1. The molecule has 3 aromatic heterocycles. The number of aryl methyl sites for hydroxylation is 2. The number of likely N-dealkylation sites (tertiary alicyclic amines) is 1. The Hall–Kier alpha value is -7.41. The number of anilines is 3. The molecule has 5 amide bonds. The Bertz CT molecular complexity index is 3010. The third-order valence-corrected chi connectivity index (χ3v) is 15.7. The van der Waals surface area contributed by atoms with E-state index in [0.717, 1.165) is 108 Å². The molecule has 0 spiro atoms. The first kappa shape index (κ1) is 57.8. The molecule has 2 aliphatic rings. The standard InChI is InChI=1S/C61H75N11O6S/c1-41-17-26-48(34-51(41)68-60-63-29-27-50(67-60)47-14-13-28-62-37-47)66-57(76)46-24-20-44(21-25-46)38-70-30-32-71(33-31-70)54(75)16-12-10-8-6-7-9-11-15-53(74)69-56(61(3,4)5)59(78)72-39-49(73)35-52(72)58(77)64-36-43-18-22-45(23-19-43)55-42(2)65-40-79-55/h13-14,17-29,34,37,40,49,52,56,73H,6-12,15-16,30-33,35-36,38-39H2,1-5H3,(H,64,77)(H,66,76)(H,69,74)(H,63,67,68)/t49-,52+,56-/m1/s1. The quantitative estimate of drug-likeness (QED) is 0.0380. The molecule has 3 atom stereocenters. The van der Waals surface area contributed by atoms with Gasteiger partial charge in [-0.25, -0.2) is 15.0 Å². The van der Waals surface area contributed by atoms with Crippen molar-refractivity contribution in [2.24, 2.45) is 5.41 Å². The van der Waals surface area contributed by atoms with Gasteiger partial charge in [-0.05, 0) is 96.8 Å². The number of hydrogen-bond acceptors (Lipinski definition) is 13. The predicted molar refractivity (Wildman–Crippen MR) is 309 cm³/mol. The molecule has 0 bridgehead atoms. The molecule has 18 heteroatoms. The number of unbranched alkanes of at least 4 members (excludes halogenated alkanes) is 6. The van der Waals surface area contributed by atoms with Gasteiger partial charge in [-0.3, -0.25) is 33.9 Å². The molecule has 5 heterocycles. The Morgan fingerprint density at radius 1 is 0.785 bits per heavy atom. The van der Waals surface area contributed by atoms with E-state index >= 15 is 0 Å². The van der Waals surface area contributed by atoms with Gasteiger partial charge in [-0.15, -0.1) is 11.3 Å². The van der Waals surface area contributed by atoms with E-state index in [1.54, 1.807) is 29.9 Å². The number of carbonyl (C=O) groups excluding carboxylic acids is 5. The number of piperazine rings is 1. The number of β-amino-alcohol motifs (C(OH)–C–C–N with tert-alkyl or cyclic N) is 1. The first-order valence-corrected chi connectivity index (χ1v) is 28.5. The summed E-state index contributed by atoms with van der Waals surface area (Å²) in [5, 5.41) is 22.9. The fourth-order valence-electron chi connectivity index (χ4n) is 10.0. The second-order valence-corrected chi connectivity index (χ2v) is 22.7. The molecular weight excluding hydrogens is 1010 g/mol. The lowest BCUT2D eigenvalue weighted by Crippen LogP contribution is -2.57. The number of amides is 5. The summed E-state index contributed by atoms with van der Waals surface area (Å²) in [4.78, 5) is 91.6. The number of nitrogens with one attached hydrogen (secondary N) is 4. The molecule has 2 saturated heterocycles. The number of aliphatic hydroxyl groups is 1. The summed E-state index contributed by atoms with van der Waals surface area (Å²) >= 11 is 1.58. The van der Waals surface area contributed by atoms with Crippen LogP contribution in [0.5, 0.6) is 0 Å². The van der Waals surface area contributed by atoms with Crippen LogP contribution in [0.4, 0.5) is 17.3 Å². The number of rotatable bonds is 23. The van der Waals surface area contributed by atoms with Gasteiger partial charge in [0.1, 0.15) is 12.1 Å². The first-order chi connectivity index (χ1) is 38.1. The Labute approximate surface area is 468 Å². The fraction of sp³-hybridized carbons (Fsp3) is 0.426. The first-order valence-electron chi connectivity index (χ1n) is 27.6.